The maximum atomic E-state index is 11.5. The quantitative estimate of drug-likeness (QED) is 0.547. The van der Waals surface area contributed by atoms with Gasteiger partial charge in [0.15, 0.2) is 0 Å². The van der Waals surface area contributed by atoms with Crippen molar-refractivity contribution in [1.82, 2.24) is 0 Å². The zero-order chi connectivity index (χ0) is 11.7. The molecule has 2 rings (SSSR count). The van der Waals surface area contributed by atoms with Crippen LogP contribution in [-0.2, 0) is 10.7 Å². The predicted molar refractivity (Wildman–Crippen MR) is 62.5 cm³/mol. The Morgan fingerprint density at radius 2 is 2.31 bits per heavy atom. The molecule has 0 fully saturated rings. The highest BCUT2D eigenvalue weighted by Gasteiger charge is 2.24. The molecular weight excluding hydrogens is 228 g/mol. The van der Waals surface area contributed by atoms with Crippen molar-refractivity contribution in [2.45, 2.75) is 18.8 Å². The van der Waals surface area contributed by atoms with Gasteiger partial charge < -0.3 is 10.6 Å². The molecule has 0 aliphatic carbocycles. The zero-order valence-corrected chi connectivity index (χ0v) is 9.43. The highest BCUT2D eigenvalue weighted by Crippen LogP contribution is 2.37. The van der Waals surface area contributed by atoms with Crippen LogP contribution in [0.3, 0.4) is 0 Å². The molecule has 1 atom stereocenters. The fourth-order valence-corrected chi connectivity index (χ4v) is 1.78. The molecule has 0 aromatic heterocycles. The van der Waals surface area contributed by atoms with Gasteiger partial charge in [-0.2, -0.15) is 5.11 Å². The van der Waals surface area contributed by atoms with Crippen molar-refractivity contribution in [3.8, 4) is 0 Å². The zero-order valence-electron chi connectivity index (χ0n) is 8.67. The number of hydrogen-bond donors (Lipinski definition) is 3. The summed E-state index contributed by atoms with van der Waals surface area (Å²) >= 11 is 5.73. The Morgan fingerprint density at radius 3 is 2.94 bits per heavy atom. The van der Waals surface area contributed by atoms with Crippen molar-refractivity contribution in [2.24, 2.45) is 5.11 Å². The van der Waals surface area contributed by atoms with E-state index in [2.05, 4.69) is 15.7 Å². The smallest absolute Gasteiger partial charge is 0.246 e. The Kier molecular flexibility index (Phi) is 2.78. The Morgan fingerprint density at radius 1 is 1.56 bits per heavy atom. The van der Waals surface area contributed by atoms with E-state index in [0.717, 1.165) is 5.56 Å². The first kappa shape index (κ1) is 10.9. The number of carbonyl (C=O) groups excluding carboxylic acids is 1. The first-order valence-electron chi connectivity index (χ1n) is 4.83. The summed E-state index contributed by atoms with van der Waals surface area (Å²) in [5.41, 5.74) is 9.72. The van der Waals surface area contributed by atoms with E-state index < -0.39 is 0 Å². The van der Waals surface area contributed by atoms with Crippen LogP contribution >= 0.6 is 11.6 Å². The summed E-state index contributed by atoms with van der Waals surface area (Å²) in [7, 11) is 0. The molecule has 1 aliphatic heterocycles. The summed E-state index contributed by atoms with van der Waals surface area (Å²) in [5.74, 6) is 0.219. The van der Waals surface area contributed by atoms with Gasteiger partial charge in [-0.05, 0) is 24.6 Å². The first-order chi connectivity index (χ1) is 7.65. The van der Waals surface area contributed by atoms with Crippen LogP contribution in [0.25, 0.3) is 0 Å². The van der Waals surface area contributed by atoms with Gasteiger partial charge in [-0.25, -0.2) is 5.53 Å². The summed E-state index contributed by atoms with van der Waals surface area (Å²) in [4.78, 5) is 11.5. The number of benzene rings is 1. The molecule has 1 heterocycles. The Balaban J connectivity index is 2.54. The number of hydrogen-bond acceptors (Lipinski definition) is 4. The highest BCUT2D eigenvalue weighted by molar-refractivity contribution is 6.17. The Hall–Kier alpha value is -1.62. The third-order valence-electron chi connectivity index (χ3n) is 2.46. The molecule has 0 saturated heterocycles. The normalized spacial score (nSPS) is 18.4. The van der Waals surface area contributed by atoms with Crippen molar-refractivity contribution in [1.29, 1.82) is 5.53 Å². The molecule has 3 N–H and O–H groups in total. The molecule has 1 amide bonds. The molecule has 0 radical (unpaired) electrons. The lowest BCUT2D eigenvalue weighted by Crippen LogP contribution is -2.36. The fraction of sp³-hybridized carbons (Fsp3) is 0.300. The van der Waals surface area contributed by atoms with Crippen molar-refractivity contribution in [3.05, 3.63) is 17.7 Å². The molecule has 1 aromatic rings. The predicted octanol–water partition coefficient (Wildman–Crippen LogP) is 2.84. The summed E-state index contributed by atoms with van der Waals surface area (Å²) < 4.78 is 0. The maximum Gasteiger partial charge on any atom is 0.246 e. The number of alkyl halides is 1. The van der Waals surface area contributed by atoms with E-state index >= 15 is 0 Å². The Labute approximate surface area is 97.7 Å². The molecule has 0 saturated carbocycles. The summed E-state index contributed by atoms with van der Waals surface area (Å²) in [6.45, 7) is 1.75. The molecule has 0 spiro atoms. The van der Waals surface area contributed by atoms with Gasteiger partial charge in [0.1, 0.15) is 11.7 Å². The van der Waals surface area contributed by atoms with Crippen molar-refractivity contribution in [2.75, 3.05) is 10.6 Å². The number of nitrogens with one attached hydrogen (secondary N) is 3. The maximum absolute atomic E-state index is 11.5. The average Bonchev–Trinajstić information content (AvgIpc) is 2.29. The number of nitrogens with zero attached hydrogens (tertiary/aromatic N) is 1. The third-order valence-corrected chi connectivity index (χ3v) is 2.77. The van der Waals surface area contributed by atoms with Gasteiger partial charge >= 0.3 is 0 Å². The minimum absolute atomic E-state index is 0.102. The molecule has 6 heteroatoms. The number of carbonyl (C=O) groups is 1. The van der Waals surface area contributed by atoms with Gasteiger partial charge in [0.25, 0.3) is 0 Å². The van der Waals surface area contributed by atoms with Crippen molar-refractivity contribution < 1.29 is 4.79 Å². The highest BCUT2D eigenvalue weighted by atomic mass is 35.5. The average molecular weight is 239 g/mol. The van der Waals surface area contributed by atoms with Crippen LogP contribution in [0, 0.1) is 5.53 Å². The number of halogens is 1. The number of rotatable bonds is 2. The monoisotopic (exact) mass is 238 g/mol. The van der Waals surface area contributed by atoms with Crippen molar-refractivity contribution >= 4 is 34.6 Å². The second-order valence-electron chi connectivity index (χ2n) is 3.64. The van der Waals surface area contributed by atoms with Gasteiger partial charge in [0.05, 0.1) is 11.4 Å². The second kappa shape index (κ2) is 4.09. The van der Waals surface area contributed by atoms with Crippen LogP contribution in [-0.4, -0.2) is 11.9 Å². The van der Waals surface area contributed by atoms with Crippen LogP contribution < -0.4 is 10.6 Å². The van der Waals surface area contributed by atoms with Crippen molar-refractivity contribution in [3.63, 3.8) is 0 Å². The fourth-order valence-electron chi connectivity index (χ4n) is 1.62. The van der Waals surface area contributed by atoms with Crippen LogP contribution in [0.1, 0.15) is 12.5 Å². The SMILES string of the molecule is C[C@H]1Nc2c(N=N)cc(CCl)cc2NC1=O. The largest absolute Gasteiger partial charge is 0.370 e. The number of amides is 1. The minimum atomic E-state index is -0.324. The first-order valence-corrected chi connectivity index (χ1v) is 5.37. The van der Waals surface area contributed by atoms with Crippen LogP contribution in [0.15, 0.2) is 17.2 Å². The molecule has 5 nitrogen and oxygen atoms in total. The van der Waals surface area contributed by atoms with Gasteiger partial charge in [0, 0.05) is 5.88 Å². The topological polar surface area (TPSA) is 77.3 Å². The van der Waals surface area contributed by atoms with E-state index in [1.807, 2.05) is 0 Å². The molecule has 0 bridgehead atoms. The van der Waals surface area contributed by atoms with Crippen LogP contribution in [0.2, 0.25) is 0 Å². The minimum Gasteiger partial charge on any atom is -0.370 e. The molecule has 0 unspecified atom stereocenters. The number of anilines is 2. The lowest BCUT2D eigenvalue weighted by atomic mass is 10.1. The van der Waals surface area contributed by atoms with E-state index in [-0.39, 0.29) is 11.9 Å². The molecular formula is C10H11ClN4O. The van der Waals surface area contributed by atoms with E-state index in [0.29, 0.717) is 22.9 Å². The lowest BCUT2D eigenvalue weighted by Gasteiger charge is -2.25. The lowest BCUT2D eigenvalue weighted by molar-refractivity contribution is -0.116. The van der Waals surface area contributed by atoms with E-state index in [4.69, 9.17) is 17.1 Å². The molecule has 1 aromatic carbocycles. The van der Waals surface area contributed by atoms with E-state index in [1.165, 1.54) is 0 Å². The van der Waals surface area contributed by atoms with Gasteiger partial charge in [-0.15, -0.1) is 11.6 Å². The molecule has 84 valence electrons. The van der Waals surface area contributed by atoms with E-state index in [1.54, 1.807) is 19.1 Å². The number of fused-ring (bicyclic) bond motifs is 1. The van der Waals surface area contributed by atoms with Gasteiger partial charge in [-0.3, -0.25) is 4.79 Å². The van der Waals surface area contributed by atoms with Gasteiger partial charge in [0.2, 0.25) is 5.91 Å². The summed E-state index contributed by atoms with van der Waals surface area (Å²) in [6, 6.07) is 3.19. The summed E-state index contributed by atoms with van der Waals surface area (Å²) in [5, 5.41) is 9.20. The Bertz CT molecular complexity index is 460. The standard InChI is InChI=1S/C10H11ClN4O/c1-5-10(16)14-7-2-6(4-11)3-8(15-12)9(7)13-5/h2-3,5,12-13H,4H2,1H3,(H,14,16)/t5-/m1/s1. The third kappa shape index (κ3) is 1.74. The molecule has 1 aliphatic rings. The van der Waals surface area contributed by atoms with Crippen LogP contribution in [0.4, 0.5) is 17.1 Å². The molecule has 16 heavy (non-hydrogen) atoms. The van der Waals surface area contributed by atoms with Crippen LogP contribution in [0.5, 0.6) is 0 Å². The van der Waals surface area contributed by atoms with E-state index in [9.17, 15) is 4.79 Å². The summed E-state index contributed by atoms with van der Waals surface area (Å²) in [6.07, 6.45) is 0. The second-order valence-corrected chi connectivity index (χ2v) is 3.91. The van der Waals surface area contributed by atoms with Gasteiger partial charge in [-0.1, -0.05) is 0 Å².